The van der Waals surface area contributed by atoms with Gasteiger partial charge >= 0.3 is 0 Å². The van der Waals surface area contributed by atoms with Crippen LogP contribution >= 0.6 is 0 Å². The van der Waals surface area contributed by atoms with Crippen LogP contribution in [0.1, 0.15) is 41.0 Å². The van der Waals surface area contributed by atoms with Crippen molar-refractivity contribution in [3.8, 4) is 5.69 Å². The van der Waals surface area contributed by atoms with Gasteiger partial charge in [-0.1, -0.05) is 0 Å². The highest BCUT2D eigenvalue weighted by Crippen LogP contribution is 2.14. The van der Waals surface area contributed by atoms with E-state index in [4.69, 9.17) is 0 Å². The molecule has 2 aromatic rings. The molecule has 1 aromatic carbocycles. The molecule has 1 saturated heterocycles. The zero-order chi connectivity index (χ0) is 18.7. The van der Waals surface area contributed by atoms with Crippen molar-refractivity contribution in [2.75, 3.05) is 26.7 Å². The Hall–Kier alpha value is -2.63. The fraction of sp³-hybridized carbons (Fsp3) is 0.450. The minimum atomic E-state index is -0.0330. The minimum Gasteiger partial charge on any atom is -0.341 e. The number of piperidine rings is 1. The van der Waals surface area contributed by atoms with Gasteiger partial charge in [-0.15, -0.1) is 0 Å². The van der Waals surface area contributed by atoms with Crippen LogP contribution in [0.4, 0.5) is 0 Å². The van der Waals surface area contributed by atoms with E-state index in [9.17, 15) is 9.59 Å². The molecule has 138 valence electrons. The molecule has 0 unspecified atom stereocenters. The number of likely N-dealkylation sites (N-methyl/N-ethyl adjacent to an activating group) is 1. The molecule has 1 aromatic heterocycles. The van der Waals surface area contributed by atoms with Crippen molar-refractivity contribution in [1.82, 2.24) is 19.6 Å². The van der Waals surface area contributed by atoms with Crippen molar-refractivity contribution in [1.29, 1.82) is 0 Å². The Morgan fingerprint density at radius 2 is 1.92 bits per heavy atom. The molecule has 0 aliphatic carbocycles. The summed E-state index contributed by atoms with van der Waals surface area (Å²) in [5.41, 5.74) is 3.61. The Balaban J connectivity index is 1.62. The first-order chi connectivity index (χ1) is 12.5. The first-order valence-corrected chi connectivity index (χ1v) is 9.12. The van der Waals surface area contributed by atoms with E-state index < -0.39 is 0 Å². The van der Waals surface area contributed by atoms with Gasteiger partial charge in [-0.05, 0) is 57.0 Å². The fourth-order valence-electron chi connectivity index (χ4n) is 3.33. The van der Waals surface area contributed by atoms with Gasteiger partial charge in [0.2, 0.25) is 5.91 Å². The fourth-order valence-corrected chi connectivity index (χ4v) is 3.33. The molecule has 2 heterocycles. The summed E-state index contributed by atoms with van der Waals surface area (Å²) in [6, 6.07) is 9.51. The first kappa shape index (κ1) is 18.2. The zero-order valence-electron chi connectivity index (χ0n) is 15.7. The van der Waals surface area contributed by atoms with Crippen molar-refractivity contribution >= 4 is 11.8 Å². The average Bonchev–Trinajstić information content (AvgIpc) is 2.98. The number of rotatable bonds is 5. The molecule has 6 nitrogen and oxygen atoms in total. The van der Waals surface area contributed by atoms with Gasteiger partial charge in [-0.25, -0.2) is 4.68 Å². The second-order valence-electron chi connectivity index (χ2n) is 6.95. The van der Waals surface area contributed by atoms with E-state index in [0.29, 0.717) is 25.1 Å². The third-order valence-electron chi connectivity index (χ3n) is 4.84. The van der Waals surface area contributed by atoms with E-state index in [1.807, 2.05) is 53.8 Å². The molecule has 0 atom stereocenters. The lowest BCUT2D eigenvalue weighted by atomic mass is 10.1. The first-order valence-electron chi connectivity index (χ1n) is 9.12. The SMILES string of the molecule is Cc1cc(C)n(-c2ccc(C(=O)N(C)CCN3CCCCC3=O)cc2)n1. The van der Waals surface area contributed by atoms with Gasteiger partial charge in [0, 0.05) is 44.4 Å². The largest absolute Gasteiger partial charge is 0.341 e. The Morgan fingerprint density at radius 3 is 2.54 bits per heavy atom. The van der Waals surface area contributed by atoms with Gasteiger partial charge in [0.05, 0.1) is 11.4 Å². The summed E-state index contributed by atoms with van der Waals surface area (Å²) in [6.45, 7) is 5.92. The van der Waals surface area contributed by atoms with E-state index >= 15 is 0 Å². The smallest absolute Gasteiger partial charge is 0.253 e. The van der Waals surface area contributed by atoms with Crippen molar-refractivity contribution in [2.45, 2.75) is 33.1 Å². The number of benzene rings is 1. The summed E-state index contributed by atoms with van der Waals surface area (Å²) in [5, 5.41) is 4.46. The van der Waals surface area contributed by atoms with Crippen LogP contribution < -0.4 is 0 Å². The predicted molar refractivity (Wildman–Crippen MR) is 100 cm³/mol. The molecule has 1 aliphatic heterocycles. The van der Waals surface area contributed by atoms with Crippen LogP contribution in [0.15, 0.2) is 30.3 Å². The van der Waals surface area contributed by atoms with Crippen LogP contribution in [0, 0.1) is 13.8 Å². The summed E-state index contributed by atoms with van der Waals surface area (Å²) < 4.78 is 1.87. The van der Waals surface area contributed by atoms with E-state index in [1.54, 1.807) is 11.9 Å². The molecular formula is C20H26N4O2. The number of aromatic nitrogens is 2. The van der Waals surface area contributed by atoms with E-state index in [1.165, 1.54) is 0 Å². The number of hydrogen-bond donors (Lipinski definition) is 0. The third kappa shape index (κ3) is 3.95. The molecule has 1 aliphatic rings. The zero-order valence-corrected chi connectivity index (χ0v) is 15.7. The van der Waals surface area contributed by atoms with E-state index in [2.05, 4.69) is 5.10 Å². The highest BCUT2D eigenvalue weighted by Gasteiger charge is 2.19. The Morgan fingerprint density at radius 1 is 1.19 bits per heavy atom. The monoisotopic (exact) mass is 354 g/mol. The number of hydrogen-bond acceptors (Lipinski definition) is 3. The van der Waals surface area contributed by atoms with Crippen molar-refractivity contribution < 1.29 is 9.59 Å². The van der Waals surface area contributed by atoms with Crippen molar-refractivity contribution in [2.24, 2.45) is 0 Å². The van der Waals surface area contributed by atoms with Crippen LogP contribution in [0.25, 0.3) is 5.69 Å². The third-order valence-corrected chi connectivity index (χ3v) is 4.84. The van der Waals surface area contributed by atoms with Crippen LogP contribution in [0.2, 0.25) is 0 Å². The average molecular weight is 354 g/mol. The second kappa shape index (κ2) is 7.72. The normalized spacial score (nSPS) is 14.6. The number of nitrogens with zero attached hydrogens (tertiary/aromatic N) is 4. The van der Waals surface area contributed by atoms with Gasteiger partial charge in [-0.3, -0.25) is 9.59 Å². The molecule has 0 radical (unpaired) electrons. The van der Waals surface area contributed by atoms with Gasteiger partial charge in [0.1, 0.15) is 0 Å². The van der Waals surface area contributed by atoms with Crippen molar-refractivity contribution in [3.63, 3.8) is 0 Å². The number of likely N-dealkylation sites (tertiary alicyclic amines) is 1. The maximum absolute atomic E-state index is 12.6. The van der Waals surface area contributed by atoms with Gasteiger partial charge in [0.25, 0.3) is 5.91 Å². The van der Waals surface area contributed by atoms with E-state index in [0.717, 1.165) is 36.5 Å². The summed E-state index contributed by atoms with van der Waals surface area (Å²) in [6.07, 6.45) is 2.66. The summed E-state index contributed by atoms with van der Waals surface area (Å²) >= 11 is 0. The van der Waals surface area contributed by atoms with Crippen molar-refractivity contribution in [3.05, 3.63) is 47.3 Å². The summed E-state index contributed by atoms with van der Waals surface area (Å²) in [4.78, 5) is 28.0. The van der Waals surface area contributed by atoms with Gasteiger partial charge in [0.15, 0.2) is 0 Å². The number of aryl methyl sites for hydroxylation is 2. The highest BCUT2D eigenvalue weighted by molar-refractivity contribution is 5.94. The quantitative estimate of drug-likeness (QED) is 0.829. The van der Waals surface area contributed by atoms with Gasteiger partial charge in [-0.2, -0.15) is 5.10 Å². The minimum absolute atomic E-state index is 0.0330. The van der Waals surface area contributed by atoms with Crippen LogP contribution in [0.5, 0.6) is 0 Å². The lowest BCUT2D eigenvalue weighted by Crippen LogP contribution is -2.41. The molecule has 2 amide bonds. The molecule has 0 saturated carbocycles. The standard InChI is InChI=1S/C20H26N4O2/c1-15-14-16(2)24(21-15)18-9-7-17(8-10-18)20(26)22(3)12-13-23-11-5-4-6-19(23)25/h7-10,14H,4-6,11-13H2,1-3H3. The summed E-state index contributed by atoms with van der Waals surface area (Å²) in [5.74, 6) is 0.167. The van der Waals surface area contributed by atoms with Crippen LogP contribution in [-0.2, 0) is 4.79 Å². The van der Waals surface area contributed by atoms with E-state index in [-0.39, 0.29) is 11.8 Å². The van der Waals surface area contributed by atoms with Gasteiger partial charge < -0.3 is 9.80 Å². The Labute approximate surface area is 154 Å². The second-order valence-corrected chi connectivity index (χ2v) is 6.95. The molecule has 0 bridgehead atoms. The maximum Gasteiger partial charge on any atom is 0.253 e. The lowest BCUT2D eigenvalue weighted by molar-refractivity contribution is -0.133. The Kier molecular flexibility index (Phi) is 5.40. The molecule has 26 heavy (non-hydrogen) atoms. The maximum atomic E-state index is 12.6. The number of carbonyl (C=O) groups excluding carboxylic acids is 2. The predicted octanol–water partition coefficient (Wildman–Crippen LogP) is 2.57. The molecule has 0 N–H and O–H groups in total. The molecule has 1 fully saturated rings. The molecular weight excluding hydrogens is 328 g/mol. The topological polar surface area (TPSA) is 58.4 Å². The lowest BCUT2D eigenvalue weighted by Gasteiger charge is -2.28. The molecule has 0 spiro atoms. The van der Waals surface area contributed by atoms with Crippen LogP contribution in [-0.4, -0.2) is 58.1 Å². The molecule has 3 rings (SSSR count). The number of carbonyl (C=O) groups is 2. The summed E-state index contributed by atoms with van der Waals surface area (Å²) in [7, 11) is 1.78. The Bertz CT molecular complexity index is 795. The number of amides is 2. The highest BCUT2D eigenvalue weighted by atomic mass is 16.2. The molecule has 6 heteroatoms. The van der Waals surface area contributed by atoms with Crippen LogP contribution in [0.3, 0.4) is 0 Å².